The molecule has 176 valence electrons. The lowest BCUT2D eigenvalue weighted by molar-refractivity contribution is 1.81. The largest absolute Gasteiger partial charge is 0.129 e. The minimum Gasteiger partial charge on any atom is -0.126 e. The molecule has 0 amide bonds. The molecule has 0 bridgehead atoms. The van der Waals surface area contributed by atoms with Crippen molar-refractivity contribution < 1.29 is 0 Å². The second kappa shape index (κ2) is 8.33. The fourth-order valence-electron chi connectivity index (χ4n) is 4.65. The lowest BCUT2D eigenvalue weighted by Gasteiger charge is -2.09. The molecule has 6 aromatic rings. The van der Waals surface area contributed by atoms with Crippen LogP contribution in [0.5, 0.6) is 0 Å². The van der Waals surface area contributed by atoms with Gasteiger partial charge in [0.2, 0.25) is 0 Å². The first kappa shape index (κ1) is 23.5. The molecule has 0 atom stereocenters. The predicted octanol–water partition coefficient (Wildman–Crippen LogP) is 10.0. The summed E-state index contributed by atoms with van der Waals surface area (Å²) in [6, 6.07) is 22.9. The van der Waals surface area contributed by atoms with Crippen LogP contribution in [0.4, 0.5) is 0 Å². The minimum absolute atomic E-state index is 1.17. The van der Waals surface area contributed by atoms with Gasteiger partial charge in [-0.15, -0.1) is 33.8 Å². The zero-order valence-electron chi connectivity index (χ0n) is 21.6. The topological polar surface area (TPSA) is 0 Å². The van der Waals surface area contributed by atoms with Crippen LogP contribution in [0.15, 0.2) is 60.7 Å². The van der Waals surface area contributed by atoms with Crippen LogP contribution < -0.4 is 0 Å². The van der Waals surface area contributed by atoms with Crippen molar-refractivity contribution in [3.8, 4) is 22.9 Å². The molecule has 2 heterocycles. The summed E-state index contributed by atoms with van der Waals surface area (Å²) in [5.74, 6) is 6.92. The Hall–Kier alpha value is -2.87. The molecule has 0 N–H and O–H groups in total. The maximum atomic E-state index is 3.52. The van der Waals surface area contributed by atoms with E-state index in [1.807, 2.05) is 22.7 Å². The normalized spacial score (nSPS) is 12.3. The Morgan fingerprint density at radius 2 is 0.806 bits per heavy atom. The van der Waals surface area contributed by atoms with Crippen LogP contribution >= 0.6 is 22.7 Å². The molecule has 0 fully saturated rings. The molecule has 0 saturated carbocycles. The molecule has 0 aliphatic heterocycles. The van der Waals surface area contributed by atoms with Crippen molar-refractivity contribution in [3.05, 3.63) is 70.4 Å². The molecule has 0 spiro atoms. The second-order valence-electron chi connectivity index (χ2n) is 11.6. The molecule has 4 heteroatoms. The van der Waals surface area contributed by atoms with Crippen LogP contribution in [0, 0.1) is 22.9 Å². The SMILES string of the molecule is C[Si](C)(C)C#Cc1cc2ccc3c4ccc5c(ccc6cc(C#C[Si](C)(C)C)sc65)c4ccc3c2s1. The molecule has 36 heavy (non-hydrogen) atoms. The summed E-state index contributed by atoms with van der Waals surface area (Å²) in [4.78, 5) is 2.35. The van der Waals surface area contributed by atoms with E-state index in [-0.39, 0.29) is 0 Å². The van der Waals surface area contributed by atoms with Crippen LogP contribution in [0.2, 0.25) is 39.3 Å². The molecule has 0 unspecified atom stereocenters. The maximum Gasteiger partial charge on any atom is 0.129 e. The van der Waals surface area contributed by atoms with Gasteiger partial charge in [-0.1, -0.05) is 99.7 Å². The Morgan fingerprint density at radius 3 is 1.19 bits per heavy atom. The summed E-state index contributed by atoms with van der Waals surface area (Å²) in [6.07, 6.45) is 0. The average Bonchev–Trinajstić information content (AvgIpc) is 3.43. The summed E-state index contributed by atoms with van der Waals surface area (Å²) >= 11 is 3.66. The van der Waals surface area contributed by atoms with Crippen LogP contribution in [0.3, 0.4) is 0 Å². The summed E-state index contributed by atoms with van der Waals surface area (Å²) in [6.45, 7) is 13.8. The molecular formula is C32H28S2Si2. The Labute approximate surface area is 223 Å². The van der Waals surface area contributed by atoms with Crippen molar-refractivity contribution in [1.82, 2.24) is 0 Å². The Kier molecular flexibility index (Phi) is 5.45. The lowest BCUT2D eigenvalue weighted by atomic mass is 9.96. The Bertz CT molecular complexity index is 1820. The number of hydrogen-bond acceptors (Lipinski definition) is 2. The van der Waals surface area contributed by atoms with Crippen LogP contribution in [-0.2, 0) is 0 Å². The lowest BCUT2D eigenvalue weighted by Crippen LogP contribution is -2.16. The second-order valence-corrected chi connectivity index (χ2v) is 23.2. The third-order valence-electron chi connectivity index (χ3n) is 6.28. The monoisotopic (exact) mass is 532 g/mol. The molecule has 2 aromatic heterocycles. The van der Waals surface area contributed by atoms with E-state index in [0.29, 0.717) is 0 Å². The zero-order valence-corrected chi connectivity index (χ0v) is 25.2. The van der Waals surface area contributed by atoms with E-state index in [0.717, 1.165) is 0 Å². The highest BCUT2D eigenvalue weighted by atomic mass is 32.1. The smallest absolute Gasteiger partial charge is 0.126 e. The quantitative estimate of drug-likeness (QED) is 0.104. The van der Waals surface area contributed by atoms with E-state index in [9.17, 15) is 0 Å². The summed E-state index contributed by atoms with van der Waals surface area (Å²) in [5.41, 5.74) is 7.04. The molecule has 0 aliphatic rings. The average molecular weight is 533 g/mol. The van der Waals surface area contributed by atoms with Gasteiger partial charge in [0.05, 0.1) is 9.75 Å². The Morgan fingerprint density at radius 1 is 0.472 bits per heavy atom. The van der Waals surface area contributed by atoms with Crippen LogP contribution in [-0.4, -0.2) is 16.1 Å². The van der Waals surface area contributed by atoms with Gasteiger partial charge in [0, 0.05) is 20.2 Å². The third-order valence-corrected chi connectivity index (χ3v) is 10.2. The molecule has 0 saturated heterocycles. The Balaban J connectivity index is 1.54. The van der Waals surface area contributed by atoms with Crippen molar-refractivity contribution in [1.29, 1.82) is 0 Å². The summed E-state index contributed by atoms with van der Waals surface area (Å²) in [5, 5.41) is 10.5. The fourth-order valence-corrected chi connectivity index (χ4v) is 7.94. The van der Waals surface area contributed by atoms with E-state index in [2.05, 4.69) is 123 Å². The van der Waals surface area contributed by atoms with Crippen molar-refractivity contribution >= 4 is 91.3 Å². The zero-order chi connectivity index (χ0) is 25.2. The molecule has 0 aliphatic carbocycles. The first-order valence-corrected chi connectivity index (χ1v) is 21.0. The fraction of sp³-hybridized carbons (Fsp3) is 0.188. The van der Waals surface area contributed by atoms with Gasteiger partial charge in [-0.25, -0.2) is 0 Å². The first-order valence-electron chi connectivity index (χ1n) is 12.4. The maximum absolute atomic E-state index is 3.52. The number of hydrogen-bond donors (Lipinski definition) is 0. The van der Waals surface area contributed by atoms with E-state index in [4.69, 9.17) is 0 Å². The van der Waals surface area contributed by atoms with E-state index < -0.39 is 16.1 Å². The third kappa shape index (κ3) is 4.29. The van der Waals surface area contributed by atoms with Gasteiger partial charge in [0.15, 0.2) is 0 Å². The molecule has 4 aromatic carbocycles. The van der Waals surface area contributed by atoms with Crippen LogP contribution in [0.1, 0.15) is 9.75 Å². The van der Waals surface area contributed by atoms with Crippen LogP contribution in [0.25, 0.3) is 52.5 Å². The minimum atomic E-state index is -1.40. The van der Waals surface area contributed by atoms with E-state index >= 15 is 0 Å². The van der Waals surface area contributed by atoms with Gasteiger partial charge in [-0.3, -0.25) is 0 Å². The van der Waals surface area contributed by atoms with E-state index in [1.54, 1.807) is 0 Å². The van der Waals surface area contributed by atoms with Gasteiger partial charge in [0.25, 0.3) is 0 Å². The number of benzene rings is 4. The van der Waals surface area contributed by atoms with Gasteiger partial charge in [-0.2, -0.15) is 0 Å². The molecule has 0 radical (unpaired) electrons. The number of fused-ring (bicyclic) bond motifs is 9. The highest BCUT2D eigenvalue weighted by Crippen LogP contribution is 2.40. The van der Waals surface area contributed by atoms with Crippen molar-refractivity contribution in [2.24, 2.45) is 0 Å². The molecular weight excluding hydrogens is 505 g/mol. The van der Waals surface area contributed by atoms with Crippen molar-refractivity contribution in [3.63, 3.8) is 0 Å². The van der Waals surface area contributed by atoms with Crippen molar-refractivity contribution in [2.45, 2.75) is 39.3 Å². The van der Waals surface area contributed by atoms with Gasteiger partial charge >= 0.3 is 0 Å². The van der Waals surface area contributed by atoms with Gasteiger partial charge in [-0.05, 0) is 44.5 Å². The predicted molar refractivity (Wildman–Crippen MR) is 170 cm³/mol. The molecule has 0 nitrogen and oxygen atoms in total. The first-order chi connectivity index (χ1) is 17.1. The number of thiophene rings is 2. The van der Waals surface area contributed by atoms with Crippen molar-refractivity contribution in [2.75, 3.05) is 0 Å². The van der Waals surface area contributed by atoms with E-state index in [1.165, 1.54) is 62.2 Å². The highest BCUT2D eigenvalue weighted by molar-refractivity contribution is 7.21. The van der Waals surface area contributed by atoms with Gasteiger partial charge < -0.3 is 0 Å². The summed E-state index contributed by atoms with van der Waals surface area (Å²) in [7, 11) is -2.79. The number of rotatable bonds is 0. The van der Waals surface area contributed by atoms with Gasteiger partial charge in [0.1, 0.15) is 16.1 Å². The summed E-state index contributed by atoms with van der Waals surface area (Å²) < 4.78 is 2.68. The standard InChI is InChI=1S/C32H28S2Si2/c1-35(2,3)17-15-23-19-21-7-9-27-25-12-14-30-28(26(25)11-13-29(27)31(21)33-23)10-8-22-20-24(34-32(22)30)16-18-36(4,5)6/h7-14,19-20H,1-6H3. The molecule has 6 rings (SSSR count). The highest BCUT2D eigenvalue weighted by Gasteiger charge is 2.13.